The number of aliphatic hydroxyl groups is 5. The summed E-state index contributed by atoms with van der Waals surface area (Å²) in [4.78, 5) is 37.4. The van der Waals surface area contributed by atoms with E-state index in [-0.39, 0.29) is 42.8 Å². The Hall–Kier alpha value is -2.43. The van der Waals surface area contributed by atoms with E-state index in [0.717, 1.165) is 6.26 Å². The van der Waals surface area contributed by atoms with Crippen LogP contribution in [0.3, 0.4) is 0 Å². The molecule has 3 heterocycles. The molecule has 0 aromatic carbocycles. The molecule has 0 bridgehead atoms. The number of aldehydes is 1. The molecule has 14 heteroatoms. The summed E-state index contributed by atoms with van der Waals surface area (Å²) >= 11 is 0. The second-order valence-electron chi connectivity index (χ2n) is 10.9. The first-order valence-corrected chi connectivity index (χ1v) is 13.5. The van der Waals surface area contributed by atoms with E-state index in [4.69, 9.17) is 28.4 Å². The Bertz CT molecular complexity index is 998. The van der Waals surface area contributed by atoms with Crippen molar-refractivity contribution in [3.05, 3.63) is 24.5 Å². The lowest BCUT2D eigenvalue weighted by atomic mass is 9.79. The highest BCUT2D eigenvalue weighted by atomic mass is 16.8. The Morgan fingerprint density at radius 2 is 1.85 bits per heavy atom. The zero-order valence-corrected chi connectivity index (χ0v) is 22.8. The third-order valence-electron chi connectivity index (χ3n) is 8.76. The van der Waals surface area contributed by atoms with E-state index in [1.54, 1.807) is 0 Å². The first kappa shape index (κ1) is 31.5. The van der Waals surface area contributed by atoms with Crippen molar-refractivity contribution >= 4 is 18.2 Å². The normalized spacial score (nSPS) is 44.1. The molecule has 41 heavy (non-hydrogen) atoms. The molecule has 230 valence electrons. The van der Waals surface area contributed by atoms with Gasteiger partial charge in [-0.25, -0.2) is 4.79 Å². The quantitative estimate of drug-likeness (QED) is 0.117. The van der Waals surface area contributed by atoms with Crippen molar-refractivity contribution in [2.45, 2.75) is 69.2 Å². The van der Waals surface area contributed by atoms with Crippen molar-refractivity contribution in [2.75, 3.05) is 20.3 Å². The van der Waals surface area contributed by atoms with Crippen molar-refractivity contribution in [2.24, 2.45) is 35.5 Å². The summed E-state index contributed by atoms with van der Waals surface area (Å²) in [6.45, 7) is 5.16. The molecule has 3 fully saturated rings. The third-order valence-corrected chi connectivity index (χ3v) is 8.76. The van der Waals surface area contributed by atoms with Gasteiger partial charge in [-0.15, -0.1) is 6.58 Å². The molecule has 14 unspecified atom stereocenters. The number of aliphatic hydroxyl groups excluding tert-OH is 5. The van der Waals surface area contributed by atoms with Gasteiger partial charge in [-0.3, -0.25) is 4.79 Å². The monoisotopic (exact) mass is 586 g/mol. The van der Waals surface area contributed by atoms with Crippen LogP contribution >= 0.6 is 0 Å². The van der Waals surface area contributed by atoms with E-state index in [0.29, 0.717) is 6.29 Å². The van der Waals surface area contributed by atoms with Gasteiger partial charge in [0.25, 0.3) is 0 Å². The zero-order chi connectivity index (χ0) is 30.0. The second-order valence-corrected chi connectivity index (χ2v) is 10.9. The van der Waals surface area contributed by atoms with Gasteiger partial charge in [0.2, 0.25) is 6.29 Å². The van der Waals surface area contributed by atoms with Crippen LogP contribution in [0.2, 0.25) is 0 Å². The molecule has 3 aliphatic heterocycles. The number of rotatable bonds is 9. The first-order valence-electron chi connectivity index (χ1n) is 13.5. The lowest BCUT2D eigenvalue weighted by Gasteiger charge is -2.43. The highest BCUT2D eigenvalue weighted by molar-refractivity contribution is 5.89. The highest BCUT2D eigenvalue weighted by Gasteiger charge is 2.54. The minimum Gasteiger partial charge on any atom is -0.471 e. The molecule has 2 saturated heterocycles. The van der Waals surface area contributed by atoms with Crippen molar-refractivity contribution in [1.82, 2.24) is 0 Å². The molecular formula is C27H38O14. The molecule has 0 aromatic heterocycles. The van der Waals surface area contributed by atoms with Crippen LogP contribution in [0, 0.1) is 35.5 Å². The minimum atomic E-state index is -1.69. The fraction of sp³-hybridized carbons (Fsp3) is 0.741. The lowest BCUT2D eigenvalue weighted by Crippen LogP contribution is -2.60. The van der Waals surface area contributed by atoms with Crippen LogP contribution in [0.5, 0.6) is 0 Å². The van der Waals surface area contributed by atoms with Gasteiger partial charge in [0.05, 0.1) is 32.2 Å². The van der Waals surface area contributed by atoms with Crippen molar-refractivity contribution in [3.8, 4) is 0 Å². The van der Waals surface area contributed by atoms with Crippen LogP contribution in [-0.2, 0) is 42.8 Å². The Morgan fingerprint density at radius 1 is 1.12 bits per heavy atom. The molecule has 14 nitrogen and oxygen atoms in total. The van der Waals surface area contributed by atoms with E-state index >= 15 is 0 Å². The molecule has 4 rings (SSSR count). The van der Waals surface area contributed by atoms with Gasteiger partial charge in [-0.2, -0.15) is 0 Å². The fourth-order valence-electron chi connectivity index (χ4n) is 6.34. The summed E-state index contributed by atoms with van der Waals surface area (Å²) in [6, 6.07) is 0. The van der Waals surface area contributed by atoms with Gasteiger partial charge < -0.3 is 58.7 Å². The predicted molar refractivity (Wildman–Crippen MR) is 134 cm³/mol. The van der Waals surface area contributed by atoms with Crippen LogP contribution in [-0.4, -0.2) is 113 Å². The molecule has 1 aliphatic carbocycles. The van der Waals surface area contributed by atoms with Crippen molar-refractivity contribution in [3.63, 3.8) is 0 Å². The van der Waals surface area contributed by atoms with Gasteiger partial charge in [0.1, 0.15) is 42.7 Å². The molecule has 0 spiro atoms. The van der Waals surface area contributed by atoms with Crippen LogP contribution in [0.1, 0.15) is 19.8 Å². The Morgan fingerprint density at radius 3 is 2.49 bits per heavy atom. The summed E-state index contributed by atoms with van der Waals surface area (Å²) in [5.41, 5.74) is 0.0403. The van der Waals surface area contributed by atoms with Gasteiger partial charge in [0.15, 0.2) is 12.6 Å². The molecule has 5 N–H and O–H groups in total. The summed E-state index contributed by atoms with van der Waals surface area (Å²) in [5, 5.41) is 50.2. The van der Waals surface area contributed by atoms with Crippen molar-refractivity contribution < 1.29 is 68.3 Å². The second kappa shape index (κ2) is 13.3. The fourth-order valence-corrected chi connectivity index (χ4v) is 6.34. The van der Waals surface area contributed by atoms with Crippen LogP contribution in [0.15, 0.2) is 24.5 Å². The molecule has 14 atom stereocenters. The van der Waals surface area contributed by atoms with E-state index in [2.05, 4.69) is 6.58 Å². The standard InChI is InChI=1S/C27H38O14/c1-4-12-13(5-6-28)16(10-38-26(12)41-27-22(32)21(31)20(30)18(8-29)40-27)23(33)39-17-7-14-15(11(17)2)9-37-25(35)19(14)24(34)36-3/h4,6,10-15,17-22,25-27,29-32,35H,1,5,7-9H2,2-3H3. The SMILES string of the molecule is C=CC1C(OC2OC(CO)C(O)C(O)C2O)OC=C(C(=O)OC2CC3C(COC(O)C3C(=O)OC)C2C)C1CC=O. The number of methoxy groups -OCH3 is 1. The Balaban J connectivity index is 1.49. The van der Waals surface area contributed by atoms with E-state index < -0.39 is 85.7 Å². The van der Waals surface area contributed by atoms with Gasteiger partial charge in [0, 0.05) is 18.3 Å². The lowest BCUT2D eigenvalue weighted by molar-refractivity contribution is -0.339. The molecule has 0 radical (unpaired) electrons. The topological polar surface area (TPSA) is 208 Å². The van der Waals surface area contributed by atoms with E-state index in [9.17, 15) is 39.9 Å². The summed E-state index contributed by atoms with van der Waals surface area (Å²) in [6.07, 6.45) is -7.56. The Labute approximate surface area is 236 Å². The number of carbonyl (C=O) groups is 3. The van der Waals surface area contributed by atoms with E-state index in [1.165, 1.54) is 13.2 Å². The number of hydrogen-bond acceptors (Lipinski definition) is 14. The Kier molecular flexibility index (Phi) is 10.2. The number of ether oxygens (including phenoxy) is 6. The molecule has 0 amide bonds. The third kappa shape index (κ3) is 6.06. The summed E-state index contributed by atoms with van der Waals surface area (Å²) in [7, 11) is 1.22. The largest absolute Gasteiger partial charge is 0.471 e. The smallest absolute Gasteiger partial charge is 0.337 e. The maximum absolute atomic E-state index is 13.4. The number of carbonyl (C=O) groups excluding carboxylic acids is 3. The number of esters is 2. The molecule has 1 saturated carbocycles. The first-order chi connectivity index (χ1) is 19.6. The molecule has 0 aromatic rings. The van der Waals surface area contributed by atoms with Crippen LogP contribution in [0.25, 0.3) is 0 Å². The number of fused-ring (bicyclic) bond motifs is 1. The van der Waals surface area contributed by atoms with Crippen LogP contribution < -0.4 is 0 Å². The maximum Gasteiger partial charge on any atom is 0.337 e. The average Bonchev–Trinajstić information content (AvgIpc) is 3.27. The average molecular weight is 587 g/mol. The van der Waals surface area contributed by atoms with Crippen molar-refractivity contribution in [1.29, 1.82) is 0 Å². The summed E-state index contributed by atoms with van der Waals surface area (Å²) in [5.74, 6) is -4.60. The van der Waals surface area contributed by atoms with Gasteiger partial charge in [-0.05, 0) is 24.2 Å². The summed E-state index contributed by atoms with van der Waals surface area (Å²) < 4.78 is 32.9. The minimum absolute atomic E-state index is 0.0403. The van der Waals surface area contributed by atoms with Gasteiger partial charge >= 0.3 is 11.9 Å². The maximum atomic E-state index is 13.4. The predicted octanol–water partition coefficient (Wildman–Crippen LogP) is -1.63. The molecule has 4 aliphatic rings. The number of hydrogen-bond donors (Lipinski definition) is 5. The molecular weight excluding hydrogens is 548 g/mol. The zero-order valence-electron chi connectivity index (χ0n) is 22.8. The van der Waals surface area contributed by atoms with Gasteiger partial charge in [-0.1, -0.05) is 13.0 Å². The highest BCUT2D eigenvalue weighted by Crippen LogP contribution is 2.48. The van der Waals surface area contributed by atoms with Crippen LogP contribution in [0.4, 0.5) is 0 Å². The van der Waals surface area contributed by atoms with E-state index in [1.807, 2.05) is 6.92 Å².